The zero-order valence-electron chi connectivity index (χ0n) is 10.8. The van der Waals surface area contributed by atoms with E-state index in [1.165, 1.54) is 12.1 Å². The van der Waals surface area contributed by atoms with E-state index in [-0.39, 0.29) is 0 Å². The third-order valence-corrected chi connectivity index (χ3v) is 2.88. The fourth-order valence-electron chi connectivity index (χ4n) is 1.91. The van der Waals surface area contributed by atoms with E-state index in [1.54, 1.807) is 30.3 Å². The van der Waals surface area contributed by atoms with Crippen molar-refractivity contribution >= 4 is 11.5 Å². The normalized spacial score (nSPS) is 12.2. The number of aliphatic carboxylic acids is 1. The SMILES string of the molecule is O=C(O)/C=C(\c1ccccc1)c1ccc(C(F)(F)F)cc1. The Morgan fingerprint density at radius 2 is 1.43 bits per heavy atom. The molecule has 5 heteroatoms. The van der Waals surface area contributed by atoms with Gasteiger partial charge in [-0.3, -0.25) is 0 Å². The van der Waals surface area contributed by atoms with Gasteiger partial charge in [0.2, 0.25) is 0 Å². The van der Waals surface area contributed by atoms with Crippen LogP contribution in [0.25, 0.3) is 5.57 Å². The van der Waals surface area contributed by atoms with Gasteiger partial charge in [0.1, 0.15) is 0 Å². The summed E-state index contributed by atoms with van der Waals surface area (Å²) >= 11 is 0. The van der Waals surface area contributed by atoms with Crippen molar-refractivity contribution in [3.05, 3.63) is 77.4 Å². The van der Waals surface area contributed by atoms with Crippen molar-refractivity contribution in [1.29, 1.82) is 0 Å². The molecule has 0 spiro atoms. The third-order valence-electron chi connectivity index (χ3n) is 2.88. The second-order valence-electron chi connectivity index (χ2n) is 4.34. The molecule has 21 heavy (non-hydrogen) atoms. The van der Waals surface area contributed by atoms with Gasteiger partial charge >= 0.3 is 12.1 Å². The van der Waals surface area contributed by atoms with Crippen LogP contribution >= 0.6 is 0 Å². The summed E-state index contributed by atoms with van der Waals surface area (Å²) in [5, 5.41) is 8.93. The summed E-state index contributed by atoms with van der Waals surface area (Å²) in [5.41, 5.74) is 0.627. The van der Waals surface area contributed by atoms with Gasteiger partial charge < -0.3 is 5.11 Å². The number of benzene rings is 2. The van der Waals surface area contributed by atoms with Crippen LogP contribution in [0.2, 0.25) is 0 Å². The average Bonchev–Trinajstić information content (AvgIpc) is 2.45. The molecule has 0 saturated heterocycles. The van der Waals surface area contributed by atoms with Crippen LogP contribution in [0.4, 0.5) is 13.2 Å². The fourth-order valence-corrected chi connectivity index (χ4v) is 1.91. The summed E-state index contributed by atoms with van der Waals surface area (Å²) in [6.07, 6.45) is -3.43. The molecule has 2 rings (SSSR count). The second-order valence-corrected chi connectivity index (χ2v) is 4.34. The van der Waals surface area contributed by atoms with E-state index in [1.807, 2.05) is 0 Å². The molecule has 1 N–H and O–H groups in total. The Bertz CT molecular complexity index is 656. The van der Waals surface area contributed by atoms with Crippen LogP contribution in [0, 0.1) is 0 Å². The van der Waals surface area contributed by atoms with E-state index in [4.69, 9.17) is 5.11 Å². The molecule has 2 aromatic carbocycles. The molecule has 0 saturated carbocycles. The molecule has 0 atom stereocenters. The maximum atomic E-state index is 12.5. The molecule has 0 bridgehead atoms. The predicted molar refractivity (Wildman–Crippen MR) is 72.6 cm³/mol. The lowest BCUT2D eigenvalue weighted by molar-refractivity contribution is -0.137. The smallest absolute Gasteiger partial charge is 0.416 e. The Balaban J connectivity index is 2.46. The monoisotopic (exact) mass is 292 g/mol. The maximum Gasteiger partial charge on any atom is 0.416 e. The van der Waals surface area contributed by atoms with E-state index in [0.29, 0.717) is 16.7 Å². The lowest BCUT2D eigenvalue weighted by atomic mass is 9.96. The van der Waals surface area contributed by atoms with Gasteiger partial charge in [-0.25, -0.2) is 4.79 Å². The number of rotatable bonds is 3. The number of carboxylic acid groups (broad SMARTS) is 1. The average molecular weight is 292 g/mol. The van der Waals surface area contributed by atoms with Gasteiger partial charge in [0.25, 0.3) is 0 Å². The van der Waals surface area contributed by atoms with Crippen molar-refractivity contribution in [3.8, 4) is 0 Å². The van der Waals surface area contributed by atoms with Gasteiger partial charge in [-0.1, -0.05) is 42.5 Å². The van der Waals surface area contributed by atoms with E-state index < -0.39 is 17.7 Å². The van der Waals surface area contributed by atoms with Crippen molar-refractivity contribution < 1.29 is 23.1 Å². The molecule has 0 radical (unpaired) electrons. The Kier molecular flexibility index (Phi) is 4.12. The topological polar surface area (TPSA) is 37.3 Å². The number of alkyl halides is 3. The molecule has 0 aliphatic heterocycles. The van der Waals surface area contributed by atoms with Crippen molar-refractivity contribution in [3.63, 3.8) is 0 Å². The summed E-state index contributed by atoms with van der Waals surface area (Å²) in [6, 6.07) is 13.1. The number of hydrogen-bond donors (Lipinski definition) is 1. The first-order valence-corrected chi connectivity index (χ1v) is 6.05. The highest BCUT2D eigenvalue weighted by Crippen LogP contribution is 2.31. The lowest BCUT2D eigenvalue weighted by Crippen LogP contribution is -2.04. The minimum Gasteiger partial charge on any atom is -0.478 e. The Morgan fingerprint density at radius 3 is 1.90 bits per heavy atom. The molecule has 0 heterocycles. The summed E-state index contributed by atoms with van der Waals surface area (Å²) < 4.78 is 37.6. The number of carbonyl (C=O) groups is 1. The quantitative estimate of drug-likeness (QED) is 0.860. The minimum absolute atomic E-state index is 0.358. The molecule has 0 aliphatic rings. The van der Waals surface area contributed by atoms with Gasteiger partial charge in [0, 0.05) is 6.08 Å². The largest absolute Gasteiger partial charge is 0.478 e. The Labute approximate surface area is 119 Å². The molecule has 108 valence electrons. The lowest BCUT2D eigenvalue weighted by Gasteiger charge is -2.10. The molecule has 0 aromatic heterocycles. The van der Waals surface area contributed by atoms with Crippen LogP contribution < -0.4 is 0 Å². The molecule has 2 aromatic rings. The van der Waals surface area contributed by atoms with Gasteiger partial charge in [0.05, 0.1) is 5.56 Å². The predicted octanol–water partition coefficient (Wildman–Crippen LogP) is 4.22. The van der Waals surface area contributed by atoms with Crippen LogP contribution in [0.5, 0.6) is 0 Å². The first-order chi connectivity index (χ1) is 9.88. The zero-order chi connectivity index (χ0) is 15.5. The van der Waals surface area contributed by atoms with Crippen LogP contribution in [0.3, 0.4) is 0 Å². The number of hydrogen-bond acceptors (Lipinski definition) is 1. The van der Waals surface area contributed by atoms with Crippen molar-refractivity contribution in [1.82, 2.24) is 0 Å². The maximum absolute atomic E-state index is 12.5. The Morgan fingerprint density at radius 1 is 0.905 bits per heavy atom. The second kappa shape index (κ2) is 5.83. The van der Waals surface area contributed by atoms with Crippen LogP contribution in [0.15, 0.2) is 60.7 Å². The summed E-state index contributed by atoms with van der Waals surface area (Å²) in [6.45, 7) is 0. The van der Waals surface area contributed by atoms with Crippen molar-refractivity contribution in [2.45, 2.75) is 6.18 Å². The molecular weight excluding hydrogens is 281 g/mol. The summed E-state index contributed by atoms with van der Waals surface area (Å²) in [5.74, 6) is -1.16. The highest BCUT2D eigenvalue weighted by atomic mass is 19.4. The number of carboxylic acids is 1. The molecule has 0 fully saturated rings. The standard InChI is InChI=1S/C16H11F3O2/c17-16(18,19)13-8-6-12(7-9-13)14(10-15(20)21)11-4-2-1-3-5-11/h1-10H,(H,20,21)/b14-10+. The van der Waals surface area contributed by atoms with Gasteiger partial charge in [-0.2, -0.15) is 13.2 Å². The summed E-state index contributed by atoms with van der Waals surface area (Å²) in [7, 11) is 0. The minimum atomic E-state index is -4.41. The van der Waals surface area contributed by atoms with Gasteiger partial charge in [0.15, 0.2) is 0 Å². The fraction of sp³-hybridized carbons (Fsp3) is 0.0625. The van der Waals surface area contributed by atoms with Crippen LogP contribution in [0.1, 0.15) is 16.7 Å². The van der Waals surface area contributed by atoms with Crippen molar-refractivity contribution in [2.75, 3.05) is 0 Å². The highest BCUT2D eigenvalue weighted by molar-refractivity contribution is 5.95. The molecule has 2 nitrogen and oxygen atoms in total. The first kappa shape index (κ1) is 14.8. The molecule has 0 unspecified atom stereocenters. The Hall–Kier alpha value is -2.56. The third kappa shape index (κ3) is 3.72. The van der Waals surface area contributed by atoms with Crippen LogP contribution in [-0.2, 0) is 11.0 Å². The zero-order valence-corrected chi connectivity index (χ0v) is 10.8. The van der Waals surface area contributed by atoms with Gasteiger partial charge in [-0.05, 0) is 28.8 Å². The molecule has 0 amide bonds. The summed E-state index contributed by atoms with van der Waals surface area (Å²) in [4.78, 5) is 10.9. The van der Waals surface area contributed by atoms with E-state index in [0.717, 1.165) is 18.2 Å². The van der Waals surface area contributed by atoms with Crippen molar-refractivity contribution in [2.24, 2.45) is 0 Å². The molecular formula is C16H11F3O2. The van der Waals surface area contributed by atoms with E-state index in [9.17, 15) is 18.0 Å². The van der Waals surface area contributed by atoms with E-state index >= 15 is 0 Å². The molecule has 0 aliphatic carbocycles. The van der Waals surface area contributed by atoms with Gasteiger partial charge in [-0.15, -0.1) is 0 Å². The first-order valence-electron chi connectivity index (χ1n) is 6.05. The van der Waals surface area contributed by atoms with Crippen LogP contribution in [-0.4, -0.2) is 11.1 Å². The number of halogens is 3. The highest BCUT2D eigenvalue weighted by Gasteiger charge is 2.30. The van der Waals surface area contributed by atoms with E-state index in [2.05, 4.69) is 0 Å².